The number of carbonyl (C=O) groups excluding carboxylic acids is 1. The molecule has 0 saturated carbocycles. The minimum atomic E-state index is -1.18. The molecule has 0 aliphatic heterocycles. The Labute approximate surface area is 168 Å². The van der Waals surface area contributed by atoms with Crippen molar-refractivity contribution in [3.05, 3.63) is 46.4 Å². The van der Waals surface area contributed by atoms with Crippen molar-refractivity contribution in [2.24, 2.45) is 7.05 Å². The number of aliphatic carboxylic acids is 1. The lowest BCUT2D eigenvalue weighted by atomic mass is 10.0. The fraction of sp³-hybridized carbons (Fsp3) is 0.400. The van der Waals surface area contributed by atoms with Crippen molar-refractivity contribution in [3.8, 4) is 16.9 Å². The zero-order valence-corrected chi connectivity index (χ0v) is 17.1. The van der Waals surface area contributed by atoms with Crippen molar-refractivity contribution in [2.45, 2.75) is 38.8 Å². The summed E-state index contributed by atoms with van der Waals surface area (Å²) in [4.78, 5) is 35.8. The zero-order valence-electron chi connectivity index (χ0n) is 17.1. The number of carboxylic acid groups (broad SMARTS) is 1. The van der Waals surface area contributed by atoms with Crippen molar-refractivity contribution in [2.75, 3.05) is 7.11 Å². The number of benzene rings is 1. The molecular formula is C20H25N3O6. The first-order valence-corrected chi connectivity index (χ1v) is 8.93. The highest BCUT2D eigenvalue weighted by molar-refractivity contribution is 5.80. The lowest BCUT2D eigenvalue weighted by molar-refractivity contribution is -0.139. The first kappa shape index (κ1) is 21.9. The molecule has 2 rings (SSSR count). The van der Waals surface area contributed by atoms with Crippen LogP contribution in [0.25, 0.3) is 11.1 Å². The molecule has 0 unspecified atom stereocenters. The normalized spacial score (nSPS) is 12.2. The first-order valence-electron chi connectivity index (χ1n) is 8.93. The third kappa shape index (κ3) is 5.81. The molecule has 0 aliphatic rings. The summed E-state index contributed by atoms with van der Waals surface area (Å²) in [5.41, 5.74) is 0.595. The number of nitrogens with one attached hydrogen (secondary N) is 1. The Morgan fingerprint density at radius 3 is 2.38 bits per heavy atom. The van der Waals surface area contributed by atoms with Gasteiger partial charge in [0.15, 0.2) is 5.75 Å². The van der Waals surface area contributed by atoms with Crippen molar-refractivity contribution < 1.29 is 24.2 Å². The number of aromatic nitrogens is 2. The highest BCUT2D eigenvalue weighted by atomic mass is 16.6. The monoisotopic (exact) mass is 403 g/mol. The fourth-order valence-electron chi connectivity index (χ4n) is 2.64. The maximum atomic E-state index is 12.4. The van der Waals surface area contributed by atoms with Crippen LogP contribution in [-0.2, 0) is 23.0 Å². The molecule has 9 nitrogen and oxygen atoms in total. The van der Waals surface area contributed by atoms with Gasteiger partial charge in [0.25, 0.3) is 5.56 Å². The number of nitrogens with zero attached hydrogens (tertiary/aromatic N) is 2. The molecule has 0 aliphatic carbocycles. The summed E-state index contributed by atoms with van der Waals surface area (Å²) in [5, 5.41) is 15.7. The van der Waals surface area contributed by atoms with Gasteiger partial charge in [-0.15, -0.1) is 0 Å². The summed E-state index contributed by atoms with van der Waals surface area (Å²) in [6.45, 7) is 5.08. The van der Waals surface area contributed by atoms with Gasteiger partial charge in [-0.05, 0) is 31.9 Å². The minimum Gasteiger partial charge on any atom is -0.494 e. The number of rotatable bonds is 6. The summed E-state index contributed by atoms with van der Waals surface area (Å²) >= 11 is 0. The molecule has 156 valence electrons. The fourth-order valence-corrected chi connectivity index (χ4v) is 2.64. The summed E-state index contributed by atoms with van der Waals surface area (Å²) < 4.78 is 11.5. The SMILES string of the molecule is COc1cnn(C)c(=O)c1-c1ccc(C[C@H](NC(=O)OC(C)(C)C)C(=O)O)cc1. The molecule has 1 atom stereocenters. The second-order valence-corrected chi connectivity index (χ2v) is 7.45. The maximum absolute atomic E-state index is 12.4. The summed E-state index contributed by atoms with van der Waals surface area (Å²) in [5.74, 6) is -0.833. The number of hydrogen-bond donors (Lipinski definition) is 2. The predicted molar refractivity (Wildman–Crippen MR) is 106 cm³/mol. The standard InChI is InChI=1S/C20H25N3O6/c1-20(2,3)29-19(27)22-14(18(25)26)10-12-6-8-13(9-7-12)16-15(28-5)11-21-23(4)17(16)24/h6-9,11,14H,10H2,1-5H3,(H,22,27)(H,25,26)/t14-/m0/s1. The Bertz CT molecular complexity index is 944. The van der Waals surface area contributed by atoms with Crippen LogP contribution in [0.3, 0.4) is 0 Å². The summed E-state index contributed by atoms with van der Waals surface area (Å²) in [6.07, 6.45) is 0.711. The lowest BCUT2D eigenvalue weighted by Gasteiger charge is -2.22. The van der Waals surface area contributed by atoms with Gasteiger partial charge in [-0.25, -0.2) is 14.3 Å². The number of carboxylic acids is 1. The van der Waals surface area contributed by atoms with Crippen molar-refractivity contribution in [3.63, 3.8) is 0 Å². The summed E-state index contributed by atoms with van der Waals surface area (Å²) in [6, 6.07) is 5.63. The highest BCUT2D eigenvalue weighted by Crippen LogP contribution is 2.25. The van der Waals surface area contributed by atoms with Gasteiger partial charge in [0.1, 0.15) is 11.6 Å². The molecule has 1 aromatic heterocycles. The molecule has 9 heteroatoms. The molecule has 1 aromatic carbocycles. The Morgan fingerprint density at radius 2 is 1.86 bits per heavy atom. The van der Waals surface area contributed by atoms with Crippen molar-refractivity contribution in [1.82, 2.24) is 15.1 Å². The number of hydrogen-bond acceptors (Lipinski definition) is 6. The van der Waals surface area contributed by atoms with Crippen LogP contribution in [0, 0.1) is 0 Å². The number of amides is 1. The van der Waals surface area contributed by atoms with Gasteiger partial charge >= 0.3 is 12.1 Å². The molecule has 0 radical (unpaired) electrons. The number of methoxy groups -OCH3 is 1. The van der Waals surface area contributed by atoms with E-state index in [9.17, 15) is 19.5 Å². The molecule has 2 aromatic rings. The van der Waals surface area contributed by atoms with Gasteiger partial charge in [-0.2, -0.15) is 5.10 Å². The minimum absolute atomic E-state index is 0.0559. The largest absolute Gasteiger partial charge is 0.494 e. The quantitative estimate of drug-likeness (QED) is 0.757. The third-order valence-electron chi connectivity index (χ3n) is 3.99. The second kappa shape index (κ2) is 8.76. The third-order valence-corrected chi connectivity index (χ3v) is 3.99. The van der Waals surface area contributed by atoms with Crippen LogP contribution in [0.2, 0.25) is 0 Å². The first-order chi connectivity index (χ1) is 13.5. The maximum Gasteiger partial charge on any atom is 0.408 e. The highest BCUT2D eigenvalue weighted by Gasteiger charge is 2.24. The van der Waals surface area contributed by atoms with Crippen molar-refractivity contribution >= 4 is 12.1 Å². The molecule has 0 bridgehead atoms. The van der Waals surface area contributed by atoms with Crippen LogP contribution in [0.5, 0.6) is 5.75 Å². The van der Waals surface area contributed by atoms with Gasteiger partial charge in [-0.3, -0.25) is 4.79 Å². The van der Waals surface area contributed by atoms with Gasteiger partial charge in [0.05, 0.1) is 18.9 Å². The molecule has 1 heterocycles. The van der Waals surface area contributed by atoms with Crippen LogP contribution in [0.1, 0.15) is 26.3 Å². The molecule has 1 amide bonds. The zero-order chi connectivity index (χ0) is 21.8. The van der Waals surface area contributed by atoms with Crippen LogP contribution in [-0.4, -0.2) is 45.7 Å². The van der Waals surface area contributed by atoms with E-state index in [0.29, 0.717) is 22.4 Å². The Balaban J connectivity index is 2.21. The van der Waals surface area contributed by atoms with Crippen LogP contribution in [0.4, 0.5) is 4.79 Å². The van der Waals surface area contributed by atoms with E-state index >= 15 is 0 Å². The second-order valence-electron chi connectivity index (χ2n) is 7.45. The Hall–Kier alpha value is -3.36. The Kier molecular flexibility index (Phi) is 6.63. The number of aryl methyl sites for hydroxylation is 1. The molecular weight excluding hydrogens is 378 g/mol. The Morgan fingerprint density at radius 1 is 1.24 bits per heavy atom. The predicted octanol–water partition coefficient (Wildman–Crippen LogP) is 1.98. The van der Waals surface area contributed by atoms with Crippen LogP contribution < -0.4 is 15.6 Å². The molecule has 2 N–H and O–H groups in total. The summed E-state index contributed by atoms with van der Waals surface area (Å²) in [7, 11) is 2.99. The average Bonchev–Trinajstić information content (AvgIpc) is 2.62. The topological polar surface area (TPSA) is 120 Å². The van der Waals surface area contributed by atoms with E-state index in [1.54, 1.807) is 52.1 Å². The smallest absolute Gasteiger partial charge is 0.408 e. The van der Waals surface area contributed by atoms with E-state index in [2.05, 4.69) is 10.4 Å². The molecule has 0 fully saturated rings. The molecule has 0 saturated heterocycles. The van der Waals surface area contributed by atoms with E-state index < -0.39 is 23.7 Å². The van der Waals surface area contributed by atoms with Gasteiger partial charge < -0.3 is 19.9 Å². The number of ether oxygens (including phenoxy) is 2. The van der Waals surface area contributed by atoms with Gasteiger partial charge in [0.2, 0.25) is 0 Å². The molecule has 29 heavy (non-hydrogen) atoms. The lowest BCUT2D eigenvalue weighted by Crippen LogP contribution is -2.44. The molecule has 0 spiro atoms. The van der Waals surface area contributed by atoms with E-state index in [0.717, 1.165) is 0 Å². The van der Waals surface area contributed by atoms with E-state index in [-0.39, 0.29) is 12.0 Å². The van der Waals surface area contributed by atoms with Crippen LogP contribution >= 0.6 is 0 Å². The van der Waals surface area contributed by atoms with Crippen molar-refractivity contribution in [1.29, 1.82) is 0 Å². The van der Waals surface area contributed by atoms with Crippen LogP contribution in [0.15, 0.2) is 35.3 Å². The average molecular weight is 403 g/mol. The van der Waals surface area contributed by atoms with Gasteiger partial charge in [0, 0.05) is 13.5 Å². The van der Waals surface area contributed by atoms with E-state index in [1.807, 2.05) is 0 Å². The van der Waals surface area contributed by atoms with Gasteiger partial charge in [-0.1, -0.05) is 24.3 Å². The number of carbonyl (C=O) groups is 2. The van der Waals surface area contributed by atoms with E-state index in [4.69, 9.17) is 9.47 Å². The van der Waals surface area contributed by atoms with E-state index in [1.165, 1.54) is 18.0 Å². The number of alkyl carbamates (subject to hydrolysis) is 1.